The molecule has 39 heavy (non-hydrogen) atoms. The summed E-state index contributed by atoms with van der Waals surface area (Å²) in [4.78, 5) is 55.3. The lowest BCUT2D eigenvalue weighted by Gasteiger charge is -2.29. The number of urea groups is 1. The van der Waals surface area contributed by atoms with E-state index < -0.39 is 23.7 Å². The van der Waals surface area contributed by atoms with E-state index in [0.717, 1.165) is 11.1 Å². The number of carbonyl (C=O) groups is 4. The first-order valence-corrected chi connectivity index (χ1v) is 13.0. The number of hydrogen-bond donors (Lipinski definition) is 1. The first kappa shape index (κ1) is 24.8. The summed E-state index contributed by atoms with van der Waals surface area (Å²) in [5.74, 6) is -2.14. The van der Waals surface area contributed by atoms with Gasteiger partial charge < -0.3 is 14.7 Å². The van der Waals surface area contributed by atoms with Gasteiger partial charge in [-0.1, -0.05) is 66.7 Å². The van der Waals surface area contributed by atoms with Gasteiger partial charge in [0.05, 0.1) is 11.6 Å². The predicted molar refractivity (Wildman–Crippen MR) is 140 cm³/mol. The second-order valence-corrected chi connectivity index (χ2v) is 10.1. The molecule has 1 unspecified atom stereocenters. The molecule has 2 fully saturated rings. The highest BCUT2D eigenvalue weighted by molar-refractivity contribution is 6.05. The molecule has 0 spiro atoms. The Morgan fingerprint density at radius 1 is 0.897 bits per heavy atom. The SMILES string of the molecule is O=C1CCC(N2Cc3cc(CN4CCN(C(c5ccccc5)c5ccccc5)C4=O)cc(F)c3C2=O)C(=O)N1. The molecule has 8 nitrogen and oxygen atoms in total. The lowest BCUT2D eigenvalue weighted by atomic mass is 9.97. The molecular weight excluding hydrogens is 499 g/mol. The second-order valence-electron chi connectivity index (χ2n) is 10.1. The minimum Gasteiger partial charge on any atom is -0.322 e. The van der Waals surface area contributed by atoms with Crippen LogP contribution in [0.4, 0.5) is 9.18 Å². The van der Waals surface area contributed by atoms with Crippen molar-refractivity contribution in [3.63, 3.8) is 0 Å². The summed E-state index contributed by atoms with van der Waals surface area (Å²) < 4.78 is 15.2. The van der Waals surface area contributed by atoms with Crippen LogP contribution in [0.3, 0.4) is 0 Å². The van der Waals surface area contributed by atoms with Crippen molar-refractivity contribution in [2.45, 2.75) is 38.0 Å². The zero-order chi connectivity index (χ0) is 27.1. The monoisotopic (exact) mass is 526 g/mol. The molecule has 1 atom stereocenters. The van der Waals surface area contributed by atoms with Gasteiger partial charge in [-0.05, 0) is 34.7 Å². The molecule has 3 aliphatic heterocycles. The summed E-state index contributed by atoms with van der Waals surface area (Å²) in [5, 5.41) is 2.26. The minimum atomic E-state index is -0.813. The largest absolute Gasteiger partial charge is 0.322 e. The molecule has 3 aliphatic rings. The Hall–Kier alpha value is -4.53. The molecule has 3 aromatic carbocycles. The van der Waals surface area contributed by atoms with Crippen LogP contribution in [0, 0.1) is 5.82 Å². The van der Waals surface area contributed by atoms with Gasteiger partial charge in [0, 0.05) is 32.6 Å². The standard InChI is InChI=1S/C30H27FN4O4/c31-23-16-19(15-22-18-35(29(38)26(22)23)24-11-12-25(36)32-28(24)37)17-33-13-14-34(30(33)39)27(20-7-3-1-4-8-20)21-9-5-2-6-10-21/h1-10,15-16,24,27H,11-14,17-18H2,(H,32,36,37). The molecule has 6 rings (SSSR count). The van der Waals surface area contributed by atoms with Crippen LogP contribution in [-0.2, 0) is 22.7 Å². The van der Waals surface area contributed by atoms with E-state index in [-0.39, 0.29) is 49.5 Å². The highest BCUT2D eigenvalue weighted by Gasteiger charge is 2.41. The van der Waals surface area contributed by atoms with Gasteiger partial charge in [0.2, 0.25) is 11.8 Å². The molecule has 5 amide bonds. The molecule has 2 saturated heterocycles. The molecule has 198 valence electrons. The molecule has 0 bridgehead atoms. The number of rotatable bonds is 6. The average Bonchev–Trinajstić information content (AvgIpc) is 3.45. The summed E-state index contributed by atoms with van der Waals surface area (Å²) in [6, 6.07) is 21.6. The fraction of sp³-hybridized carbons (Fsp3) is 0.267. The Labute approximate surface area is 225 Å². The third kappa shape index (κ3) is 4.54. The molecular formula is C30H27FN4O4. The van der Waals surface area contributed by atoms with E-state index >= 15 is 4.39 Å². The van der Waals surface area contributed by atoms with Crippen LogP contribution < -0.4 is 5.32 Å². The lowest BCUT2D eigenvalue weighted by Crippen LogP contribution is -2.52. The number of nitrogens with one attached hydrogen (secondary N) is 1. The number of halogens is 1. The van der Waals surface area contributed by atoms with Crippen LogP contribution in [0.1, 0.15) is 51.5 Å². The fourth-order valence-corrected chi connectivity index (χ4v) is 5.84. The quantitative estimate of drug-likeness (QED) is 0.497. The van der Waals surface area contributed by atoms with Gasteiger partial charge in [-0.2, -0.15) is 0 Å². The maximum atomic E-state index is 15.2. The Morgan fingerprint density at radius 3 is 2.21 bits per heavy atom. The number of piperidine rings is 1. The van der Waals surface area contributed by atoms with E-state index in [2.05, 4.69) is 5.32 Å². The van der Waals surface area contributed by atoms with Crippen molar-refractivity contribution in [1.82, 2.24) is 20.0 Å². The zero-order valence-corrected chi connectivity index (χ0v) is 21.2. The van der Waals surface area contributed by atoms with Gasteiger partial charge in [-0.15, -0.1) is 0 Å². The fourth-order valence-electron chi connectivity index (χ4n) is 5.84. The van der Waals surface area contributed by atoms with Gasteiger partial charge in [-0.25, -0.2) is 9.18 Å². The summed E-state index contributed by atoms with van der Waals surface area (Å²) in [6.45, 7) is 1.27. The molecule has 0 aliphatic carbocycles. The van der Waals surface area contributed by atoms with Crippen LogP contribution in [0.2, 0.25) is 0 Å². The van der Waals surface area contributed by atoms with Gasteiger partial charge in [0.1, 0.15) is 11.9 Å². The van der Waals surface area contributed by atoms with Crippen molar-refractivity contribution in [1.29, 1.82) is 0 Å². The van der Waals surface area contributed by atoms with Gasteiger partial charge in [0.15, 0.2) is 0 Å². The topological polar surface area (TPSA) is 90.0 Å². The average molecular weight is 527 g/mol. The zero-order valence-electron chi connectivity index (χ0n) is 21.2. The van der Waals surface area contributed by atoms with Crippen molar-refractivity contribution in [2.75, 3.05) is 13.1 Å². The first-order valence-electron chi connectivity index (χ1n) is 13.0. The van der Waals surface area contributed by atoms with Gasteiger partial charge >= 0.3 is 6.03 Å². The number of amides is 5. The normalized spacial score (nSPS) is 19.2. The number of fused-ring (bicyclic) bond motifs is 1. The van der Waals surface area contributed by atoms with Crippen LogP contribution in [0.5, 0.6) is 0 Å². The van der Waals surface area contributed by atoms with E-state index in [1.165, 1.54) is 11.0 Å². The second kappa shape index (κ2) is 9.98. The highest BCUT2D eigenvalue weighted by Crippen LogP contribution is 2.34. The van der Waals surface area contributed by atoms with Crippen molar-refractivity contribution in [3.05, 3.63) is 106 Å². The number of hydrogen-bond acceptors (Lipinski definition) is 4. The molecule has 0 saturated carbocycles. The van der Waals surface area contributed by atoms with Crippen LogP contribution in [-0.4, -0.2) is 57.6 Å². The lowest BCUT2D eigenvalue weighted by molar-refractivity contribution is -0.136. The van der Waals surface area contributed by atoms with Crippen LogP contribution in [0.25, 0.3) is 0 Å². The van der Waals surface area contributed by atoms with E-state index in [1.807, 2.05) is 65.6 Å². The van der Waals surface area contributed by atoms with Crippen molar-refractivity contribution in [2.24, 2.45) is 0 Å². The molecule has 3 aromatic rings. The van der Waals surface area contributed by atoms with E-state index in [0.29, 0.717) is 24.2 Å². The third-order valence-corrected chi connectivity index (χ3v) is 7.68. The Balaban J connectivity index is 1.22. The van der Waals surface area contributed by atoms with Crippen molar-refractivity contribution in [3.8, 4) is 0 Å². The highest BCUT2D eigenvalue weighted by atomic mass is 19.1. The molecule has 0 aromatic heterocycles. The maximum absolute atomic E-state index is 15.2. The van der Waals surface area contributed by atoms with Crippen LogP contribution in [0.15, 0.2) is 72.8 Å². The Morgan fingerprint density at radius 2 is 1.56 bits per heavy atom. The van der Waals surface area contributed by atoms with Crippen LogP contribution >= 0.6 is 0 Å². The number of benzene rings is 3. The number of imide groups is 1. The van der Waals surface area contributed by atoms with Crippen molar-refractivity contribution >= 4 is 23.8 Å². The number of carbonyl (C=O) groups excluding carboxylic acids is 4. The maximum Gasteiger partial charge on any atom is 0.321 e. The number of nitrogens with zero attached hydrogens (tertiary/aromatic N) is 3. The molecule has 0 radical (unpaired) electrons. The van der Waals surface area contributed by atoms with Gasteiger partial charge in [-0.3, -0.25) is 19.7 Å². The molecule has 1 N–H and O–H groups in total. The Bertz CT molecular complexity index is 1420. The van der Waals surface area contributed by atoms with E-state index in [9.17, 15) is 19.2 Å². The summed E-state index contributed by atoms with van der Waals surface area (Å²) in [6.07, 6.45) is 0.339. The minimum absolute atomic E-state index is 0.0500. The summed E-state index contributed by atoms with van der Waals surface area (Å²) in [5.41, 5.74) is 3.03. The predicted octanol–water partition coefficient (Wildman–Crippen LogP) is 3.61. The van der Waals surface area contributed by atoms with Gasteiger partial charge in [0.25, 0.3) is 5.91 Å². The molecule has 3 heterocycles. The van der Waals surface area contributed by atoms with E-state index in [1.54, 1.807) is 11.0 Å². The molecule has 9 heteroatoms. The smallest absolute Gasteiger partial charge is 0.321 e. The van der Waals surface area contributed by atoms with Crippen molar-refractivity contribution < 1.29 is 23.6 Å². The van der Waals surface area contributed by atoms with E-state index in [4.69, 9.17) is 0 Å². The Kier molecular flexibility index (Phi) is 6.34. The first-order chi connectivity index (χ1) is 18.9. The summed E-state index contributed by atoms with van der Waals surface area (Å²) >= 11 is 0. The third-order valence-electron chi connectivity index (χ3n) is 7.68. The summed E-state index contributed by atoms with van der Waals surface area (Å²) in [7, 11) is 0.